The number of para-hydroxylation sites is 1. The van der Waals surface area contributed by atoms with Crippen LogP contribution in [0.3, 0.4) is 0 Å². The van der Waals surface area contributed by atoms with Gasteiger partial charge >= 0.3 is 0 Å². The first kappa shape index (κ1) is 16.8. The zero-order chi connectivity index (χ0) is 17.1. The van der Waals surface area contributed by atoms with Crippen molar-refractivity contribution in [1.29, 1.82) is 0 Å². The van der Waals surface area contributed by atoms with Crippen molar-refractivity contribution in [3.8, 4) is 0 Å². The second-order valence-corrected chi connectivity index (χ2v) is 6.61. The lowest BCUT2D eigenvalue weighted by Crippen LogP contribution is -2.47. The smallest absolute Gasteiger partial charge is 0.242 e. The fraction of sp³-hybridized carbons (Fsp3) is 0.471. The van der Waals surface area contributed by atoms with Crippen molar-refractivity contribution in [2.45, 2.75) is 31.7 Å². The van der Waals surface area contributed by atoms with E-state index in [9.17, 15) is 14.4 Å². The Hall–Kier alpha value is -2.08. The summed E-state index contributed by atoms with van der Waals surface area (Å²) in [6, 6.07) is 6.57. The molecule has 0 saturated carbocycles. The molecule has 1 aromatic rings. The van der Waals surface area contributed by atoms with Crippen molar-refractivity contribution < 1.29 is 14.4 Å². The minimum atomic E-state index is -0.510. The van der Waals surface area contributed by atoms with Crippen LogP contribution >= 0.6 is 11.6 Å². The first-order valence-corrected chi connectivity index (χ1v) is 8.57. The van der Waals surface area contributed by atoms with Gasteiger partial charge in [0.15, 0.2) is 0 Å². The molecule has 1 aromatic carbocycles. The molecule has 0 bridgehead atoms. The largest absolute Gasteiger partial charge is 0.354 e. The SMILES string of the molecule is O=C(N[C@H]1CCCCNC1=O)[C@@H]1CC(=O)N(c2ccccc2Cl)C1. The van der Waals surface area contributed by atoms with Crippen LogP contribution in [0.5, 0.6) is 0 Å². The van der Waals surface area contributed by atoms with Crippen molar-refractivity contribution in [3.63, 3.8) is 0 Å². The van der Waals surface area contributed by atoms with Gasteiger partial charge in [0, 0.05) is 19.5 Å². The van der Waals surface area contributed by atoms with Gasteiger partial charge < -0.3 is 15.5 Å². The number of rotatable bonds is 3. The summed E-state index contributed by atoms with van der Waals surface area (Å²) in [5, 5.41) is 6.07. The quantitative estimate of drug-likeness (QED) is 0.867. The van der Waals surface area contributed by atoms with Crippen LogP contribution in [0.25, 0.3) is 0 Å². The minimum Gasteiger partial charge on any atom is -0.354 e. The highest BCUT2D eigenvalue weighted by Crippen LogP contribution is 2.31. The number of nitrogens with one attached hydrogen (secondary N) is 2. The van der Waals surface area contributed by atoms with E-state index in [-0.39, 0.29) is 30.7 Å². The highest BCUT2D eigenvalue weighted by molar-refractivity contribution is 6.33. The van der Waals surface area contributed by atoms with Crippen molar-refractivity contribution in [2.75, 3.05) is 18.0 Å². The van der Waals surface area contributed by atoms with E-state index >= 15 is 0 Å². The van der Waals surface area contributed by atoms with Gasteiger partial charge in [-0.2, -0.15) is 0 Å². The Bertz CT molecular complexity index is 664. The minimum absolute atomic E-state index is 0.130. The summed E-state index contributed by atoms with van der Waals surface area (Å²) in [4.78, 5) is 38.2. The summed E-state index contributed by atoms with van der Waals surface area (Å²) < 4.78 is 0. The molecule has 2 N–H and O–H groups in total. The lowest BCUT2D eigenvalue weighted by molar-refractivity contribution is -0.131. The number of hydrogen-bond acceptors (Lipinski definition) is 3. The van der Waals surface area contributed by atoms with Crippen LogP contribution in [0.1, 0.15) is 25.7 Å². The van der Waals surface area contributed by atoms with Gasteiger partial charge in [-0.3, -0.25) is 14.4 Å². The molecular weight excluding hydrogens is 330 g/mol. The molecule has 2 heterocycles. The van der Waals surface area contributed by atoms with Crippen LogP contribution in [0.2, 0.25) is 5.02 Å². The van der Waals surface area contributed by atoms with Gasteiger partial charge in [-0.05, 0) is 31.4 Å². The van der Waals surface area contributed by atoms with Crippen LogP contribution in [0.15, 0.2) is 24.3 Å². The summed E-state index contributed by atoms with van der Waals surface area (Å²) in [5.41, 5.74) is 0.617. The number of amides is 3. The molecule has 0 unspecified atom stereocenters. The molecule has 6 nitrogen and oxygen atoms in total. The molecule has 2 aliphatic rings. The van der Waals surface area contributed by atoms with Crippen molar-refractivity contribution in [2.24, 2.45) is 5.92 Å². The molecule has 2 saturated heterocycles. The number of hydrogen-bond donors (Lipinski definition) is 2. The molecule has 0 spiro atoms. The Labute approximate surface area is 145 Å². The Morgan fingerprint density at radius 3 is 2.83 bits per heavy atom. The van der Waals surface area contributed by atoms with Crippen LogP contribution in [0.4, 0.5) is 5.69 Å². The van der Waals surface area contributed by atoms with Crippen LogP contribution in [0, 0.1) is 5.92 Å². The molecule has 0 radical (unpaired) electrons. The molecule has 0 aromatic heterocycles. The maximum Gasteiger partial charge on any atom is 0.242 e. The fourth-order valence-electron chi connectivity index (χ4n) is 3.15. The monoisotopic (exact) mass is 349 g/mol. The molecule has 24 heavy (non-hydrogen) atoms. The molecular formula is C17H20ClN3O3. The second kappa shape index (κ2) is 7.21. The lowest BCUT2D eigenvalue weighted by atomic mass is 10.1. The Morgan fingerprint density at radius 2 is 2.04 bits per heavy atom. The highest BCUT2D eigenvalue weighted by atomic mass is 35.5. The zero-order valence-electron chi connectivity index (χ0n) is 13.3. The summed E-state index contributed by atoms with van der Waals surface area (Å²) in [7, 11) is 0. The molecule has 128 valence electrons. The third kappa shape index (κ3) is 3.53. The summed E-state index contributed by atoms with van der Waals surface area (Å²) in [5.74, 6) is -0.994. The maximum absolute atomic E-state index is 12.5. The summed E-state index contributed by atoms with van der Waals surface area (Å²) in [6.07, 6.45) is 2.57. The third-order valence-corrected chi connectivity index (χ3v) is 4.81. The normalized spacial score (nSPS) is 24.5. The molecule has 2 fully saturated rings. The number of carbonyl (C=O) groups excluding carboxylic acids is 3. The first-order chi connectivity index (χ1) is 11.6. The number of anilines is 1. The average molecular weight is 350 g/mol. The van der Waals surface area contributed by atoms with E-state index < -0.39 is 12.0 Å². The fourth-order valence-corrected chi connectivity index (χ4v) is 3.39. The number of nitrogens with zero attached hydrogens (tertiary/aromatic N) is 1. The van der Waals surface area contributed by atoms with E-state index in [0.717, 1.165) is 12.8 Å². The number of carbonyl (C=O) groups is 3. The van der Waals surface area contributed by atoms with Gasteiger partial charge in [0.2, 0.25) is 17.7 Å². The summed E-state index contributed by atoms with van der Waals surface area (Å²) >= 11 is 6.14. The van der Waals surface area contributed by atoms with E-state index in [1.807, 2.05) is 0 Å². The van der Waals surface area contributed by atoms with E-state index in [2.05, 4.69) is 10.6 Å². The Kier molecular flexibility index (Phi) is 5.04. The van der Waals surface area contributed by atoms with Crippen LogP contribution in [-0.4, -0.2) is 36.9 Å². The molecule has 3 amide bonds. The molecule has 3 rings (SSSR count). The van der Waals surface area contributed by atoms with Gasteiger partial charge in [-0.25, -0.2) is 0 Å². The van der Waals surface area contributed by atoms with Crippen LogP contribution in [-0.2, 0) is 14.4 Å². The van der Waals surface area contributed by atoms with Crippen LogP contribution < -0.4 is 15.5 Å². The van der Waals surface area contributed by atoms with Gasteiger partial charge in [-0.15, -0.1) is 0 Å². The Balaban J connectivity index is 1.66. The van der Waals surface area contributed by atoms with Crippen molar-refractivity contribution in [3.05, 3.63) is 29.3 Å². The van der Waals surface area contributed by atoms with Gasteiger partial charge in [0.1, 0.15) is 6.04 Å². The van der Waals surface area contributed by atoms with Crippen molar-refractivity contribution in [1.82, 2.24) is 10.6 Å². The number of halogens is 1. The molecule has 7 heteroatoms. The standard InChI is InChI=1S/C17H20ClN3O3/c18-12-5-1-2-7-14(12)21-10-11(9-15(21)22)16(23)20-13-6-3-4-8-19-17(13)24/h1-2,5,7,11,13H,3-4,6,8-10H2,(H,19,24)(H,20,23)/t11-,13+/m1/s1. The van der Waals surface area contributed by atoms with Gasteiger partial charge in [0.05, 0.1) is 16.6 Å². The predicted molar refractivity (Wildman–Crippen MR) is 90.7 cm³/mol. The Morgan fingerprint density at radius 1 is 1.25 bits per heavy atom. The first-order valence-electron chi connectivity index (χ1n) is 8.19. The second-order valence-electron chi connectivity index (χ2n) is 6.20. The van der Waals surface area contributed by atoms with Crippen molar-refractivity contribution >= 4 is 35.0 Å². The topological polar surface area (TPSA) is 78.5 Å². The highest BCUT2D eigenvalue weighted by Gasteiger charge is 2.37. The molecule has 0 aliphatic carbocycles. The van der Waals surface area contributed by atoms with Gasteiger partial charge in [-0.1, -0.05) is 23.7 Å². The molecule has 2 aliphatic heterocycles. The van der Waals surface area contributed by atoms with E-state index in [1.54, 1.807) is 29.2 Å². The third-order valence-electron chi connectivity index (χ3n) is 4.49. The lowest BCUT2D eigenvalue weighted by Gasteiger charge is -2.19. The molecule has 2 atom stereocenters. The van der Waals surface area contributed by atoms with Gasteiger partial charge in [0.25, 0.3) is 0 Å². The predicted octanol–water partition coefficient (Wildman–Crippen LogP) is 1.48. The van der Waals surface area contributed by atoms with E-state index in [4.69, 9.17) is 11.6 Å². The summed E-state index contributed by atoms with van der Waals surface area (Å²) in [6.45, 7) is 0.927. The zero-order valence-corrected chi connectivity index (χ0v) is 14.0. The maximum atomic E-state index is 12.5. The van der Waals surface area contributed by atoms with E-state index in [0.29, 0.717) is 23.7 Å². The van der Waals surface area contributed by atoms with E-state index in [1.165, 1.54) is 0 Å². The number of benzene rings is 1. The average Bonchev–Trinajstić information content (AvgIpc) is 2.83.